The third-order valence-corrected chi connectivity index (χ3v) is 18.5. The van der Waals surface area contributed by atoms with Crippen LogP contribution in [-0.2, 0) is 0 Å². The molecular weight excluding hydrogens is 464 g/mol. The molecule has 0 radical (unpaired) electrons. The van der Waals surface area contributed by atoms with Crippen molar-refractivity contribution < 1.29 is 13.2 Å². The van der Waals surface area contributed by atoms with Crippen molar-refractivity contribution in [3.63, 3.8) is 0 Å². The van der Waals surface area contributed by atoms with Crippen molar-refractivity contribution >= 4 is 32.7 Å². The van der Waals surface area contributed by atoms with E-state index in [-0.39, 0.29) is 17.5 Å². The molecule has 0 aromatic heterocycles. The molecule has 0 bridgehead atoms. The van der Waals surface area contributed by atoms with Gasteiger partial charge in [0.25, 0.3) is 0 Å². The Morgan fingerprint density at radius 2 is 0.750 bits per heavy atom. The molecule has 0 aliphatic carbocycles. The average molecular weight is 481 g/mol. The van der Waals surface area contributed by atoms with Crippen molar-refractivity contribution in [1.82, 2.24) is 0 Å². The Kier molecular flexibility index (Phi) is 5.27. The van der Waals surface area contributed by atoms with E-state index in [1.54, 1.807) is 18.2 Å². The summed E-state index contributed by atoms with van der Waals surface area (Å²) >= 11 is -4.16. The Bertz CT molecular complexity index is 998. The summed E-state index contributed by atoms with van der Waals surface area (Å²) < 4.78 is 46.3. The molecular formula is C24H17F3Sn. The molecule has 0 N–H and O–H groups in total. The molecule has 0 nitrogen and oxygen atoms in total. The maximum absolute atomic E-state index is 14.3. The summed E-state index contributed by atoms with van der Waals surface area (Å²) in [6, 6.07) is 29.0. The Balaban J connectivity index is 2.17. The molecule has 4 rings (SSSR count). The first-order chi connectivity index (χ1) is 13.6. The van der Waals surface area contributed by atoms with Crippen molar-refractivity contribution in [2.45, 2.75) is 0 Å². The zero-order chi connectivity index (χ0) is 19.6. The summed E-state index contributed by atoms with van der Waals surface area (Å²) in [4.78, 5) is 0. The first-order valence-corrected chi connectivity index (χ1v) is 14.6. The van der Waals surface area contributed by atoms with Crippen molar-refractivity contribution in [1.29, 1.82) is 0 Å². The van der Waals surface area contributed by atoms with E-state index in [1.807, 2.05) is 48.5 Å². The van der Waals surface area contributed by atoms with Crippen LogP contribution < -0.4 is 14.3 Å². The predicted molar refractivity (Wildman–Crippen MR) is 110 cm³/mol. The van der Waals surface area contributed by atoms with Crippen LogP contribution >= 0.6 is 0 Å². The molecule has 0 aliphatic rings. The van der Waals surface area contributed by atoms with Gasteiger partial charge in [0, 0.05) is 0 Å². The zero-order valence-electron chi connectivity index (χ0n) is 14.9. The van der Waals surface area contributed by atoms with Crippen LogP contribution in [0.1, 0.15) is 0 Å². The van der Waals surface area contributed by atoms with Gasteiger partial charge >= 0.3 is 166 Å². The summed E-state index contributed by atoms with van der Waals surface area (Å²) in [5.74, 6) is -1.08. The minimum absolute atomic E-state index is 0.359. The van der Waals surface area contributed by atoms with Crippen LogP contribution in [0.4, 0.5) is 13.2 Å². The summed E-state index contributed by atoms with van der Waals surface area (Å²) in [5, 5.41) is 0. The number of rotatable bonds is 4. The second kappa shape index (κ2) is 7.84. The molecule has 0 saturated carbocycles. The average Bonchev–Trinajstić information content (AvgIpc) is 2.70. The van der Waals surface area contributed by atoms with Gasteiger partial charge in [-0.25, -0.2) is 0 Å². The Labute approximate surface area is 166 Å². The Morgan fingerprint density at radius 1 is 0.393 bits per heavy atom. The van der Waals surface area contributed by atoms with Gasteiger partial charge in [-0.1, -0.05) is 0 Å². The van der Waals surface area contributed by atoms with E-state index in [0.717, 1.165) is 14.3 Å². The van der Waals surface area contributed by atoms with Gasteiger partial charge in [-0.3, -0.25) is 0 Å². The maximum atomic E-state index is 14.3. The fourth-order valence-electron chi connectivity index (χ4n) is 3.85. The zero-order valence-corrected chi connectivity index (χ0v) is 17.8. The summed E-state index contributed by atoms with van der Waals surface area (Å²) in [5.41, 5.74) is 0. The first-order valence-electron chi connectivity index (χ1n) is 8.94. The molecule has 0 fully saturated rings. The van der Waals surface area contributed by atoms with Gasteiger partial charge in [0.15, 0.2) is 0 Å². The normalized spacial score (nSPS) is 11.4. The second-order valence-corrected chi connectivity index (χ2v) is 17.5. The van der Waals surface area contributed by atoms with E-state index in [2.05, 4.69) is 0 Å². The summed E-state index contributed by atoms with van der Waals surface area (Å²) in [6.07, 6.45) is 0. The van der Waals surface area contributed by atoms with Crippen LogP contribution in [0.25, 0.3) is 0 Å². The fraction of sp³-hybridized carbons (Fsp3) is 0. The number of hydrogen-bond donors (Lipinski definition) is 0. The minimum atomic E-state index is -4.16. The molecule has 28 heavy (non-hydrogen) atoms. The number of benzene rings is 4. The van der Waals surface area contributed by atoms with Crippen LogP contribution in [0.2, 0.25) is 0 Å². The number of hydrogen-bond acceptors (Lipinski definition) is 0. The van der Waals surface area contributed by atoms with Gasteiger partial charge < -0.3 is 0 Å². The molecule has 4 heteroatoms. The molecule has 0 saturated heterocycles. The second-order valence-electron chi connectivity index (χ2n) is 6.65. The van der Waals surface area contributed by atoms with Gasteiger partial charge in [-0.15, -0.1) is 0 Å². The van der Waals surface area contributed by atoms with Gasteiger partial charge in [-0.05, 0) is 0 Å². The standard InChI is InChI=1S/3C6H4F.C6H5.Sn/c3*7-6-4-2-1-3-5-6;1-2-4-6-5-3-1;/h3*1-2,4-5H;1-5H;. The summed E-state index contributed by atoms with van der Waals surface area (Å²) in [6.45, 7) is 0. The third-order valence-electron chi connectivity index (χ3n) is 4.98. The molecule has 0 unspecified atom stereocenters. The van der Waals surface area contributed by atoms with Gasteiger partial charge in [-0.2, -0.15) is 0 Å². The van der Waals surface area contributed by atoms with Crippen LogP contribution in [-0.4, -0.2) is 18.4 Å². The van der Waals surface area contributed by atoms with Crippen LogP contribution in [0.5, 0.6) is 0 Å². The first kappa shape index (κ1) is 18.8. The van der Waals surface area contributed by atoms with Crippen molar-refractivity contribution in [2.75, 3.05) is 0 Å². The fourth-order valence-corrected chi connectivity index (χ4v) is 17.5. The SMILES string of the molecule is Fc1ccc[c]([Sn]([c]2ccccc2)([c]2cccc(F)c2)[c]2cccc(F)c2)c1. The van der Waals surface area contributed by atoms with Crippen LogP contribution in [0.15, 0.2) is 103 Å². The number of halogens is 3. The van der Waals surface area contributed by atoms with E-state index in [1.165, 1.54) is 36.4 Å². The topological polar surface area (TPSA) is 0 Å². The molecule has 0 aliphatic heterocycles. The van der Waals surface area contributed by atoms with E-state index in [9.17, 15) is 13.2 Å². The quantitative estimate of drug-likeness (QED) is 0.392. The van der Waals surface area contributed by atoms with Crippen molar-refractivity contribution in [3.05, 3.63) is 121 Å². The van der Waals surface area contributed by atoms with Gasteiger partial charge in [0.1, 0.15) is 0 Å². The van der Waals surface area contributed by atoms with Gasteiger partial charge in [0.2, 0.25) is 0 Å². The van der Waals surface area contributed by atoms with Crippen LogP contribution in [0.3, 0.4) is 0 Å². The van der Waals surface area contributed by atoms with Crippen molar-refractivity contribution in [2.24, 2.45) is 0 Å². The molecule has 0 heterocycles. The van der Waals surface area contributed by atoms with E-state index < -0.39 is 18.4 Å². The van der Waals surface area contributed by atoms with E-state index in [0.29, 0.717) is 0 Å². The molecule has 138 valence electrons. The molecule has 0 atom stereocenters. The predicted octanol–water partition coefficient (Wildman–Crippen LogP) is 3.48. The van der Waals surface area contributed by atoms with Gasteiger partial charge in [0.05, 0.1) is 0 Å². The van der Waals surface area contributed by atoms with E-state index in [4.69, 9.17) is 0 Å². The van der Waals surface area contributed by atoms with E-state index >= 15 is 0 Å². The van der Waals surface area contributed by atoms with Crippen molar-refractivity contribution in [3.8, 4) is 0 Å². The molecule has 4 aromatic carbocycles. The molecule has 0 spiro atoms. The Hall–Kier alpha value is -2.53. The Morgan fingerprint density at radius 3 is 1.11 bits per heavy atom. The van der Waals surface area contributed by atoms with Crippen LogP contribution in [0, 0.1) is 17.5 Å². The third kappa shape index (κ3) is 3.35. The summed E-state index contributed by atoms with van der Waals surface area (Å²) in [7, 11) is 0. The molecule has 4 aromatic rings. The monoisotopic (exact) mass is 482 g/mol. The molecule has 0 amide bonds.